The van der Waals surface area contributed by atoms with E-state index in [1.807, 2.05) is 17.4 Å². The topological polar surface area (TPSA) is 47.7 Å². The summed E-state index contributed by atoms with van der Waals surface area (Å²) < 4.78 is 10.9. The number of nitrogens with two attached hydrogens (primary N) is 1. The second-order valence-corrected chi connectivity index (χ2v) is 7.12. The second kappa shape index (κ2) is 5.82. The van der Waals surface area contributed by atoms with Crippen LogP contribution in [0, 0.1) is 5.92 Å². The van der Waals surface area contributed by atoms with Crippen LogP contribution in [0.1, 0.15) is 11.3 Å². The second-order valence-electron chi connectivity index (χ2n) is 6.09. The Kier molecular flexibility index (Phi) is 3.68. The van der Waals surface area contributed by atoms with E-state index in [9.17, 15) is 0 Å². The van der Waals surface area contributed by atoms with Gasteiger partial charge in [-0.3, -0.25) is 0 Å². The number of rotatable bonds is 3. The lowest BCUT2D eigenvalue weighted by Crippen LogP contribution is -2.47. The summed E-state index contributed by atoms with van der Waals surface area (Å²) in [5.74, 6) is 2.28. The number of fused-ring (bicyclic) bond motifs is 1. The summed E-state index contributed by atoms with van der Waals surface area (Å²) in [5.41, 5.74) is 7.48. The van der Waals surface area contributed by atoms with Gasteiger partial charge in [0.1, 0.15) is 0 Å². The molecule has 3 heterocycles. The molecule has 2 aliphatic heterocycles. The van der Waals surface area contributed by atoms with Crippen LogP contribution in [0.25, 0.3) is 0 Å². The van der Waals surface area contributed by atoms with Crippen molar-refractivity contribution in [3.8, 4) is 11.5 Å². The minimum absolute atomic E-state index is 0.226. The van der Waals surface area contributed by atoms with Gasteiger partial charge in [0.25, 0.3) is 0 Å². The Morgan fingerprint density at radius 1 is 1.18 bits per heavy atom. The Balaban J connectivity index is 1.51. The Bertz CT molecular complexity index is 644. The van der Waals surface area contributed by atoms with E-state index in [4.69, 9.17) is 15.2 Å². The molecule has 2 aromatic rings. The summed E-state index contributed by atoms with van der Waals surface area (Å²) in [6.07, 6.45) is 2.21. The number of thiophene rings is 1. The number of hydrogen-bond donors (Lipinski definition) is 1. The maximum absolute atomic E-state index is 6.30. The molecule has 0 radical (unpaired) electrons. The lowest BCUT2D eigenvalue weighted by atomic mass is 9.91. The molecule has 2 N–H and O–H groups in total. The fraction of sp³-hybridized carbons (Fsp3) is 0.412. The van der Waals surface area contributed by atoms with E-state index in [0.717, 1.165) is 37.4 Å². The summed E-state index contributed by atoms with van der Waals surface area (Å²) in [6, 6.07) is 10.7. The van der Waals surface area contributed by atoms with Crippen LogP contribution in [0.5, 0.6) is 11.5 Å². The number of nitrogens with zero attached hydrogens (tertiary/aromatic N) is 1. The van der Waals surface area contributed by atoms with Crippen LogP contribution in [0.2, 0.25) is 0 Å². The zero-order valence-electron chi connectivity index (χ0n) is 12.4. The summed E-state index contributed by atoms with van der Waals surface area (Å²) in [4.78, 5) is 3.83. The predicted molar refractivity (Wildman–Crippen MR) is 88.9 cm³/mol. The van der Waals surface area contributed by atoms with Gasteiger partial charge >= 0.3 is 0 Å². The normalized spacial score (nSPS) is 23.8. The third-order valence-electron chi connectivity index (χ3n) is 4.36. The molecule has 0 bridgehead atoms. The van der Waals surface area contributed by atoms with Gasteiger partial charge in [-0.05, 0) is 42.3 Å². The van der Waals surface area contributed by atoms with E-state index in [-0.39, 0.29) is 6.04 Å². The van der Waals surface area contributed by atoms with E-state index in [1.54, 1.807) is 0 Å². The van der Waals surface area contributed by atoms with Crippen molar-refractivity contribution in [1.29, 1.82) is 0 Å². The molecule has 2 unspecified atom stereocenters. The molecule has 0 amide bonds. The molecular weight excluding hydrogens is 296 g/mol. The lowest BCUT2D eigenvalue weighted by molar-refractivity contribution is 0.174. The van der Waals surface area contributed by atoms with E-state index >= 15 is 0 Å². The molecule has 4 rings (SSSR count). The third-order valence-corrected chi connectivity index (χ3v) is 5.26. The highest BCUT2D eigenvalue weighted by molar-refractivity contribution is 7.09. The molecule has 4 nitrogen and oxygen atoms in total. The molecule has 1 aromatic carbocycles. The van der Waals surface area contributed by atoms with Crippen molar-refractivity contribution in [3.05, 3.63) is 40.6 Å². The maximum atomic E-state index is 6.30. The van der Waals surface area contributed by atoms with Gasteiger partial charge in [-0.2, -0.15) is 0 Å². The molecule has 0 aliphatic carbocycles. The Hall–Kier alpha value is -1.72. The Morgan fingerprint density at radius 2 is 2.09 bits per heavy atom. The first-order valence-corrected chi connectivity index (χ1v) is 8.58. The molecule has 1 aromatic heterocycles. The van der Waals surface area contributed by atoms with Crippen molar-refractivity contribution >= 4 is 17.0 Å². The highest BCUT2D eigenvalue weighted by atomic mass is 32.1. The van der Waals surface area contributed by atoms with E-state index < -0.39 is 0 Å². The van der Waals surface area contributed by atoms with Gasteiger partial charge in [0, 0.05) is 35.8 Å². The summed E-state index contributed by atoms with van der Waals surface area (Å²) in [5, 5.41) is 2.15. The molecule has 2 aliphatic rings. The first-order chi connectivity index (χ1) is 10.8. The fourth-order valence-electron chi connectivity index (χ4n) is 3.40. The molecule has 0 saturated carbocycles. The van der Waals surface area contributed by atoms with Gasteiger partial charge in [-0.15, -0.1) is 11.3 Å². The molecule has 2 atom stereocenters. The van der Waals surface area contributed by atoms with Gasteiger partial charge < -0.3 is 20.1 Å². The summed E-state index contributed by atoms with van der Waals surface area (Å²) >= 11 is 1.84. The van der Waals surface area contributed by atoms with Crippen LogP contribution < -0.4 is 20.1 Å². The van der Waals surface area contributed by atoms with Crippen molar-refractivity contribution in [2.75, 3.05) is 24.8 Å². The molecule has 1 saturated heterocycles. The van der Waals surface area contributed by atoms with Crippen molar-refractivity contribution in [3.63, 3.8) is 0 Å². The average Bonchev–Trinajstić information content (AvgIpc) is 3.16. The number of piperidine rings is 1. The molecular formula is C17H20N2O2S. The number of hydrogen-bond acceptors (Lipinski definition) is 5. The highest BCUT2D eigenvalue weighted by Crippen LogP contribution is 2.36. The van der Waals surface area contributed by atoms with Gasteiger partial charge in [-0.1, -0.05) is 6.07 Å². The molecule has 1 fully saturated rings. The van der Waals surface area contributed by atoms with E-state index in [2.05, 4.69) is 34.5 Å². The Morgan fingerprint density at radius 3 is 2.95 bits per heavy atom. The van der Waals surface area contributed by atoms with Crippen molar-refractivity contribution in [1.82, 2.24) is 0 Å². The minimum Gasteiger partial charge on any atom is -0.454 e. The van der Waals surface area contributed by atoms with Crippen molar-refractivity contribution < 1.29 is 9.47 Å². The molecule has 5 heteroatoms. The van der Waals surface area contributed by atoms with Crippen LogP contribution >= 0.6 is 11.3 Å². The first kappa shape index (κ1) is 13.9. The molecule has 116 valence electrons. The number of anilines is 1. The minimum atomic E-state index is 0.226. The monoisotopic (exact) mass is 316 g/mol. The van der Waals surface area contributed by atoms with Crippen LogP contribution in [0.15, 0.2) is 35.7 Å². The average molecular weight is 316 g/mol. The highest BCUT2D eigenvalue weighted by Gasteiger charge is 2.26. The lowest BCUT2D eigenvalue weighted by Gasteiger charge is -2.37. The maximum Gasteiger partial charge on any atom is 0.231 e. The van der Waals surface area contributed by atoms with Gasteiger partial charge in [0.2, 0.25) is 6.79 Å². The summed E-state index contributed by atoms with van der Waals surface area (Å²) in [7, 11) is 0. The van der Waals surface area contributed by atoms with E-state index in [0.29, 0.717) is 12.7 Å². The van der Waals surface area contributed by atoms with Crippen molar-refractivity contribution in [2.24, 2.45) is 11.7 Å². The van der Waals surface area contributed by atoms with Gasteiger partial charge in [0.05, 0.1) is 0 Å². The first-order valence-electron chi connectivity index (χ1n) is 7.70. The zero-order chi connectivity index (χ0) is 14.9. The Labute approximate surface area is 134 Å². The summed E-state index contributed by atoms with van der Waals surface area (Å²) in [6.45, 7) is 2.27. The van der Waals surface area contributed by atoms with Crippen molar-refractivity contribution in [2.45, 2.75) is 18.9 Å². The predicted octanol–water partition coefficient (Wildman–Crippen LogP) is 2.87. The standard InChI is InChI=1S/C17H20N2O2S/c18-13-6-12(7-15-2-1-5-22-15)9-19(10-13)14-3-4-16-17(8-14)21-11-20-16/h1-5,8,12-13H,6-7,9-11,18H2. The van der Waals surface area contributed by atoms with Gasteiger partial charge in [-0.25, -0.2) is 0 Å². The zero-order valence-corrected chi connectivity index (χ0v) is 13.2. The largest absolute Gasteiger partial charge is 0.454 e. The van der Waals surface area contributed by atoms with Crippen LogP contribution in [0.4, 0.5) is 5.69 Å². The quantitative estimate of drug-likeness (QED) is 0.946. The van der Waals surface area contributed by atoms with Crippen LogP contribution in [-0.4, -0.2) is 25.9 Å². The van der Waals surface area contributed by atoms with E-state index in [1.165, 1.54) is 10.6 Å². The fourth-order valence-corrected chi connectivity index (χ4v) is 4.22. The number of ether oxygens (including phenoxy) is 2. The SMILES string of the molecule is NC1CC(Cc2cccs2)CN(c2ccc3c(c2)OCO3)C1. The van der Waals surface area contributed by atoms with Gasteiger partial charge in [0.15, 0.2) is 11.5 Å². The smallest absolute Gasteiger partial charge is 0.231 e. The number of benzene rings is 1. The van der Waals surface area contributed by atoms with Crippen LogP contribution in [-0.2, 0) is 6.42 Å². The molecule has 0 spiro atoms. The van der Waals surface area contributed by atoms with Crippen LogP contribution in [0.3, 0.4) is 0 Å². The third kappa shape index (κ3) is 2.78. The molecule has 22 heavy (non-hydrogen) atoms.